The number of aliphatic carboxylic acids is 1. The van der Waals surface area contributed by atoms with Crippen molar-refractivity contribution in [2.24, 2.45) is 0 Å². The van der Waals surface area contributed by atoms with Gasteiger partial charge in [0, 0.05) is 31.3 Å². The number of hydrogen-bond acceptors (Lipinski definition) is 5. The summed E-state index contributed by atoms with van der Waals surface area (Å²) in [5.74, 6) is -2.25. The molecule has 0 unspecified atom stereocenters. The number of morpholine rings is 1. The van der Waals surface area contributed by atoms with Crippen LogP contribution in [0.15, 0.2) is 60.7 Å². The van der Waals surface area contributed by atoms with Crippen molar-refractivity contribution in [1.29, 1.82) is 0 Å². The Morgan fingerprint density at radius 2 is 1.68 bits per heavy atom. The number of carboxylic acid groups (broad SMARTS) is 1. The van der Waals surface area contributed by atoms with Gasteiger partial charge in [-0.2, -0.15) is 0 Å². The maximum atomic E-state index is 13.8. The van der Waals surface area contributed by atoms with Crippen LogP contribution in [0.2, 0.25) is 0 Å². The summed E-state index contributed by atoms with van der Waals surface area (Å²) in [6.45, 7) is 1.66. The number of carbonyl (C=O) groups excluding carboxylic acids is 1. The summed E-state index contributed by atoms with van der Waals surface area (Å²) in [5, 5.41) is 9.32. The molecular weight excluding hydrogens is 498 g/mol. The molecule has 10 heteroatoms. The van der Waals surface area contributed by atoms with E-state index in [0.717, 1.165) is 23.3 Å². The van der Waals surface area contributed by atoms with E-state index >= 15 is 0 Å². The fraction of sp³-hybridized carbons (Fsp3) is 0.286. The van der Waals surface area contributed by atoms with Gasteiger partial charge < -0.3 is 29.1 Å². The molecule has 1 fully saturated rings. The van der Waals surface area contributed by atoms with Crippen LogP contribution in [0.1, 0.15) is 11.1 Å². The van der Waals surface area contributed by atoms with Gasteiger partial charge in [0.25, 0.3) is 0 Å². The van der Waals surface area contributed by atoms with Gasteiger partial charge in [0.15, 0.2) is 11.6 Å². The number of ether oxygens (including phenoxy) is 3. The van der Waals surface area contributed by atoms with Crippen molar-refractivity contribution in [2.75, 3.05) is 40.0 Å². The van der Waals surface area contributed by atoms with Crippen molar-refractivity contribution in [3.05, 3.63) is 83.4 Å². The van der Waals surface area contributed by atoms with E-state index in [2.05, 4.69) is 0 Å². The van der Waals surface area contributed by atoms with Gasteiger partial charge in [-0.25, -0.2) is 13.6 Å². The summed E-state index contributed by atoms with van der Waals surface area (Å²) < 4.78 is 43.7. The lowest BCUT2D eigenvalue weighted by Crippen LogP contribution is -2.49. The minimum absolute atomic E-state index is 0.140. The molecule has 0 spiro atoms. The first-order valence-electron chi connectivity index (χ1n) is 12.0. The standard InChI is InChI=1S/C28H28F2N2O6/c1-36-26-15-25(30)24(29)14-23(26)21-5-7-22(8-6-21)38-18-20-4-2-3-19(13-20)16-32(17-27(33)34)28(35)31-9-11-37-12-10-31/h2-8,13-15H,9-12,16-18H2,1H3,(H,33,34). The van der Waals surface area contributed by atoms with E-state index in [4.69, 9.17) is 14.2 Å². The first-order chi connectivity index (χ1) is 18.3. The monoisotopic (exact) mass is 526 g/mol. The zero-order valence-electron chi connectivity index (χ0n) is 20.9. The van der Waals surface area contributed by atoms with Crippen LogP contribution >= 0.6 is 0 Å². The number of amides is 2. The molecule has 0 bridgehead atoms. The van der Waals surface area contributed by atoms with E-state index in [1.807, 2.05) is 24.3 Å². The molecule has 200 valence electrons. The lowest BCUT2D eigenvalue weighted by Gasteiger charge is -2.32. The van der Waals surface area contributed by atoms with Crippen LogP contribution in [0.4, 0.5) is 13.6 Å². The summed E-state index contributed by atoms with van der Waals surface area (Å²) in [6.07, 6.45) is 0. The Bertz CT molecular complexity index is 1280. The number of hydrogen-bond donors (Lipinski definition) is 1. The zero-order chi connectivity index (χ0) is 27.1. The highest BCUT2D eigenvalue weighted by atomic mass is 19.2. The Labute approximate surface area is 218 Å². The van der Waals surface area contributed by atoms with Gasteiger partial charge in [0.1, 0.15) is 24.7 Å². The minimum atomic E-state index is -1.09. The first-order valence-corrected chi connectivity index (χ1v) is 12.0. The number of methoxy groups -OCH3 is 1. The summed E-state index contributed by atoms with van der Waals surface area (Å²) in [7, 11) is 1.39. The molecular formula is C28H28F2N2O6. The van der Waals surface area contributed by atoms with Crippen molar-refractivity contribution in [3.8, 4) is 22.6 Å². The second kappa shape index (κ2) is 12.4. The molecule has 4 rings (SSSR count). The second-order valence-electron chi connectivity index (χ2n) is 8.73. The van der Waals surface area contributed by atoms with E-state index in [1.54, 1.807) is 29.2 Å². The second-order valence-corrected chi connectivity index (χ2v) is 8.73. The van der Waals surface area contributed by atoms with Crippen LogP contribution in [-0.2, 0) is 22.7 Å². The van der Waals surface area contributed by atoms with Gasteiger partial charge in [0.05, 0.1) is 20.3 Å². The summed E-state index contributed by atoms with van der Waals surface area (Å²) in [5.41, 5.74) is 2.67. The van der Waals surface area contributed by atoms with E-state index in [-0.39, 0.29) is 24.9 Å². The molecule has 3 aromatic carbocycles. The van der Waals surface area contributed by atoms with E-state index < -0.39 is 24.1 Å². The molecule has 38 heavy (non-hydrogen) atoms. The van der Waals surface area contributed by atoms with Gasteiger partial charge in [-0.3, -0.25) is 4.79 Å². The quantitative estimate of drug-likeness (QED) is 0.440. The van der Waals surface area contributed by atoms with Crippen LogP contribution in [0.5, 0.6) is 11.5 Å². The Morgan fingerprint density at radius 1 is 1.00 bits per heavy atom. The predicted octanol–water partition coefficient (Wildman–Crippen LogP) is 4.56. The molecule has 8 nitrogen and oxygen atoms in total. The molecule has 1 N–H and O–H groups in total. The Hall–Kier alpha value is -4.18. The van der Waals surface area contributed by atoms with Crippen LogP contribution in [0, 0.1) is 11.6 Å². The normalized spacial score (nSPS) is 13.2. The third-order valence-electron chi connectivity index (χ3n) is 6.06. The van der Waals surface area contributed by atoms with Gasteiger partial charge in [-0.05, 0) is 34.9 Å². The third kappa shape index (κ3) is 6.77. The molecule has 2 amide bonds. The summed E-state index contributed by atoms with van der Waals surface area (Å²) in [4.78, 5) is 27.2. The largest absolute Gasteiger partial charge is 0.496 e. The van der Waals surface area contributed by atoms with Crippen molar-refractivity contribution in [3.63, 3.8) is 0 Å². The zero-order valence-corrected chi connectivity index (χ0v) is 20.9. The average molecular weight is 527 g/mol. The van der Waals surface area contributed by atoms with Crippen LogP contribution < -0.4 is 9.47 Å². The van der Waals surface area contributed by atoms with Crippen LogP contribution in [0.3, 0.4) is 0 Å². The average Bonchev–Trinajstić information content (AvgIpc) is 2.93. The molecule has 3 aromatic rings. The fourth-order valence-corrected chi connectivity index (χ4v) is 4.17. The third-order valence-corrected chi connectivity index (χ3v) is 6.06. The lowest BCUT2D eigenvalue weighted by molar-refractivity contribution is -0.137. The molecule has 0 saturated carbocycles. The highest BCUT2D eigenvalue weighted by Crippen LogP contribution is 2.33. The lowest BCUT2D eigenvalue weighted by atomic mass is 10.0. The number of carboxylic acids is 1. The molecule has 0 aromatic heterocycles. The Morgan fingerprint density at radius 3 is 2.37 bits per heavy atom. The Balaban J connectivity index is 1.41. The van der Waals surface area contributed by atoms with E-state index in [1.165, 1.54) is 12.0 Å². The fourth-order valence-electron chi connectivity index (χ4n) is 4.17. The van der Waals surface area contributed by atoms with Gasteiger partial charge in [-0.1, -0.05) is 36.4 Å². The molecule has 1 aliphatic heterocycles. The SMILES string of the molecule is COc1cc(F)c(F)cc1-c1ccc(OCc2cccc(CN(CC(=O)O)C(=O)N3CCOCC3)c2)cc1. The number of halogens is 2. The van der Waals surface area contributed by atoms with E-state index in [0.29, 0.717) is 43.2 Å². The molecule has 0 aliphatic carbocycles. The van der Waals surface area contributed by atoms with Gasteiger partial charge in [0.2, 0.25) is 0 Å². The number of carbonyl (C=O) groups is 2. The molecule has 1 saturated heterocycles. The molecule has 0 radical (unpaired) electrons. The van der Waals surface area contributed by atoms with Gasteiger partial charge >= 0.3 is 12.0 Å². The number of benzene rings is 3. The number of rotatable bonds is 9. The van der Waals surface area contributed by atoms with E-state index in [9.17, 15) is 23.5 Å². The maximum Gasteiger partial charge on any atom is 0.323 e. The predicted molar refractivity (Wildman–Crippen MR) is 135 cm³/mol. The summed E-state index contributed by atoms with van der Waals surface area (Å²) >= 11 is 0. The highest BCUT2D eigenvalue weighted by Gasteiger charge is 2.24. The first kappa shape index (κ1) is 26.9. The number of urea groups is 1. The highest BCUT2D eigenvalue weighted by molar-refractivity contribution is 5.80. The maximum absolute atomic E-state index is 13.8. The van der Waals surface area contributed by atoms with Gasteiger partial charge in [-0.15, -0.1) is 0 Å². The minimum Gasteiger partial charge on any atom is -0.496 e. The number of nitrogens with zero attached hydrogens (tertiary/aromatic N) is 2. The van der Waals surface area contributed by atoms with Crippen LogP contribution in [0.25, 0.3) is 11.1 Å². The van der Waals surface area contributed by atoms with Crippen molar-refractivity contribution >= 4 is 12.0 Å². The topological polar surface area (TPSA) is 88.5 Å². The van der Waals surface area contributed by atoms with Crippen molar-refractivity contribution < 1.29 is 37.7 Å². The van der Waals surface area contributed by atoms with Crippen molar-refractivity contribution in [2.45, 2.75) is 13.2 Å². The summed E-state index contributed by atoms with van der Waals surface area (Å²) in [6, 6.07) is 16.0. The molecule has 1 aliphatic rings. The molecule has 1 heterocycles. The smallest absolute Gasteiger partial charge is 0.323 e. The Kier molecular flexibility index (Phi) is 8.75. The van der Waals surface area contributed by atoms with Crippen LogP contribution in [-0.4, -0.2) is 66.9 Å². The molecule has 0 atom stereocenters. The van der Waals surface area contributed by atoms with Crippen molar-refractivity contribution in [1.82, 2.24) is 9.80 Å².